The first kappa shape index (κ1) is 7.17. The lowest BCUT2D eigenvalue weighted by atomic mass is 10.3. The minimum Gasteiger partial charge on any atom is -0.101 e. The molecule has 0 radical (unpaired) electrons. The van der Waals surface area contributed by atoms with Crippen molar-refractivity contribution in [3.63, 3.8) is 0 Å². The van der Waals surface area contributed by atoms with Gasteiger partial charge >= 0.3 is 0 Å². The molecule has 0 aromatic carbocycles. The van der Waals surface area contributed by atoms with Crippen LogP contribution < -0.4 is 0 Å². The Balaban J connectivity index is 2.17. The van der Waals surface area contributed by atoms with Crippen LogP contribution in [-0.4, -0.2) is 9.66 Å². The zero-order valence-corrected chi connectivity index (χ0v) is 7.43. The van der Waals surface area contributed by atoms with Gasteiger partial charge in [-0.1, -0.05) is 15.9 Å². The van der Waals surface area contributed by atoms with Gasteiger partial charge in [-0.25, -0.2) is 0 Å². The lowest BCUT2D eigenvalue weighted by Crippen LogP contribution is -1.89. The first-order valence-corrected chi connectivity index (χ1v) is 4.48. The predicted octanol–water partition coefficient (Wildman–Crippen LogP) is 2.97. The zero-order valence-electron chi connectivity index (χ0n) is 4.33. The fraction of sp³-hybridized carbons (Fsp3) is 1.00. The average Bonchev–Trinajstić information content (AvgIpc) is 2.15. The highest BCUT2D eigenvalue weighted by Crippen LogP contribution is 2.54. The van der Waals surface area contributed by atoms with Crippen molar-refractivity contribution in [3.05, 3.63) is 0 Å². The van der Waals surface area contributed by atoms with Gasteiger partial charge in [0, 0.05) is 5.33 Å². The van der Waals surface area contributed by atoms with Gasteiger partial charge in [0.05, 0.1) is 0 Å². The van der Waals surface area contributed by atoms with Crippen molar-refractivity contribution in [1.29, 1.82) is 0 Å². The maximum absolute atomic E-state index is 5.73. The Kier molecular flexibility index (Phi) is 2.11. The summed E-state index contributed by atoms with van der Waals surface area (Å²) in [4.78, 5) is 0. The van der Waals surface area contributed by atoms with Crippen LogP contribution in [0.2, 0.25) is 0 Å². The van der Waals surface area contributed by atoms with E-state index in [1.54, 1.807) is 0 Å². The summed E-state index contributed by atoms with van der Waals surface area (Å²) in [5, 5.41) is 1.01. The van der Waals surface area contributed by atoms with E-state index in [2.05, 4.69) is 15.9 Å². The number of hydrogen-bond acceptors (Lipinski definition) is 0. The first-order valence-electron chi connectivity index (χ1n) is 2.60. The standard InChI is InChI=1S/C5H7BrCl2/c6-2-1-4-3-5(4,7)8/h4H,1-3H2. The van der Waals surface area contributed by atoms with Crippen molar-refractivity contribution in [1.82, 2.24) is 0 Å². The average molecular weight is 218 g/mol. The molecular weight excluding hydrogens is 211 g/mol. The molecule has 3 heteroatoms. The summed E-state index contributed by atoms with van der Waals surface area (Å²) in [6, 6.07) is 0. The van der Waals surface area contributed by atoms with Gasteiger partial charge in [-0.3, -0.25) is 0 Å². The largest absolute Gasteiger partial charge is 0.121 e. The Morgan fingerprint density at radius 3 is 2.25 bits per heavy atom. The van der Waals surface area contributed by atoms with Gasteiger partial charge in [0.25, 0.3) is 0 Å². The van der Waals surface area contributed by atoms with Gasteiger partial charge in [0.15, 0.2) is 0 Å². The van der Waals surface area contributed by atoms with Crippen molar-refractivity contribution >= 4 is 39.1 Å². The second-order valence-corrected chi connectivity index (χ2v) is 4.48. The molecule has 0 spiro atoms. The maximum atomic E-state index is 5.73. The summed E-state index contributed by atoms with van der Waals surface area (Å²) in [7, 11) is 0. The zero-order chi connectivity index (χ0) is 6.20. The summed E-state index contributed by atoms with van der Waals surface area (Å²) in [5.74, 6) is 0.546. The van der Waals surface area contributed by atoms with E-state index in [1.807, 2.05) is 0 Å². The third-order valence-electron chi connectivity index (χ3n) is 1.41. The first-order chi connectivity index (χ1) is 3.67. The molecule has 0 heterocycles. The molecule has 0 amide bonds. The topological polar surface area (TPSA) is 0 Å². The van der Waals surface area contributed by atoms with Gasteiger partial charge in [0.2, 0.25) is 0 Å². The Morgan fingerprint density at radius 2 is 2.12 bits per heavy atom. The predicted molar refractivity (Wildman–Crippen MR) is 41.0 cm³/mol. The Bertz CT molecular complexity index is 92.4. The van der Waals surface area contributed by atoms with E-state index in [0.717, 1.165) is 18.2 Å². The smallest absolute Gasteiger partial charge is 0.101 e. The molecule has 1 atom stereocenters. The molecule has 1 unspecified atom stereocenters. The van der Waals surface area contributed by atoms with E-state index in [9.17, 15) is 0 Å². The van der Waals surface area contributed by atoms with Gasteiger partial charge < -0.3 is 0 Å². The highest BCUT2D eigenvalue weighted by atomic mass is 79.9. The fourth-order valence-corrected chi connectivity index (χ4v) is 1.86. The molecule has 1 saturated carbocycles. The number of alkyl halides is 3. The van der Waals surface area contributed by atoms with Crippen molar-refractivity contribution < 1.29 is 0 Å². The monoisotopic (exact) mass is 216 g/mol. The molecule has 0 N–H and O–H groups in total. The fourth-order valence-electron chi connectivity index (χ4n) is 0.715. The number of rotatable bonds is 2. The van der Waals surface area contributed by atoms with Crippen LogP contribution in [0.15, 0.2) is 0 Å². The van der Waals surface area contributed by atoms with E-state index in [1.165, 1.54) is 0 Å². The molecule has 8 heavy (non-hydrogen) atoms. The molecule has 0 aromatic rings. The number of halogens is 3. The lowest BCUT2D eigenvalue weighted by molar-refractivity contribution is 0.801. The molecule has 0 aromatic heterocycles. The second kappa shape index (κ2) is 2.36. The molecule has 0 bridgehead atoms. The van der Waals surface area contributed by atoms with Crippen molar-refractivity contribution in [2.24, 2.45) is 5.92 Å². The van der Waals surface area contributed by atoms with Crippen LogP contribution >= 0.6 is 39.1 Å². The Labute approximate surface area is 67.7 Å². The molecule has 1 rings (SSSR count). The Morgan fingerprint density at radius 1 is 1.62 bits per heavy atom. The molecule has 0 nitrogen and oxygen atoms in total. The highest BCUT2D eigenvalue weighted by Gasteiger charge is 2.50. The van der Waals surface area contributed by atoms with Crippen LogP contribution in [0, 0.1) is 5.92 Å². The summed E-state index contributed by atoms with van der Waals surface area (Å²) in [6.07, 6.45) is 2.08. The van der Waals surface area contributed by atoms with Gasteiger partial charge in [0.1, 0.15) is 4.33 Å². The maximum Gasteiger partial charge on any atom is 0.121 e. The van der Waals surface area contributed by atoms with E-state index < -0.39 is 0 Å². The second-order valence-electron chi connectivity index (χ2n) is 2.14. The normalized spacial score (nSPS) is 32.6. The van der Waals surface area contributed by atoms with Crippen LogP contribution in [0.3, 0.4) is 0 Å². The molecule has 48 valence electrons. The third kappa shape index (κ3) is 1.52. The van der Waals surface area contributed by atoms with E-state index in [-0.39, 0.29) is 4.33 Å². The molecule has 1 fully saturated rings. The summed E-state index contributed by atoms with van der Waals surface area (Å²) >= 11 is 14.8. The van der Waals surface area contributed by atoms with Crippen molar-refractivity contribution in [2.45, 2.75) is 17.2 Å². The summed E-state index contributed by atoms with van der Waals surface area (Å²) in [6.45, 7) is 0. The Hall–Kier alpha value is 1.06. The van der Waals surface area contributed by atoms with Crippen LogP contribution in [0.5, 0.6) is 0 Å². The van der Waals surface area contributed by atoms with Crippen LogP contribution in [0.25, 0.3) is 0 Å². The van der Waals surface area contributed by atoms with Gasteiger partial charge in [-0.05, 0) is 18.8 Å². The lowest BCUT2D eigenvalue weighted by Gasteiger charge is -1.92. The molecule has 0 aliphatic heterocycles. The van der Waals surface area contributed by atoms with Crippen LogP contribution in [-0.2, 0) is 0 Å². The van der Waals surface area contributed by atoms with E-state index >= 15 is 0 Å². The quantitative estimate of drug-likeness (QED) is 0.625. The molecular formula is C5H7BrCl2. The van der Waals surface area contributed by atoms with Crippen molar-refractivity contribution in [2.75, 3.05) is 5.33 Å². The van der Waals surface area contributed by atoms with Crippen LogP contribution in [0.4, 0.5) is 0 Å². The van der Waals surface area contributed by atoms with Crippen LogP contribution in [0.1, 0.15) is 12.8 Å². The summed E-state index contributed by atoms with van der Waals surface area (Å²) in [5.41, 5.74) is 0. The summed E-state index contributed by atoms with van der Waals surface area (Å²) < 4.78 is -0.367. The minimum absolute atomic E-state index is 0.367. The SMILES string of the molecule is ClC1(Cl)CC1CCBr. The van der Waals surface area contributed by atoms with E-state index in [0.29, 0.717) is 5.92 Å². The van der Waals surface area contributed by atoms with Gasteiger partial charge in [-0.2, -0.15) is 0 Å². The molecule has 1 aliphatic rings. The minimum atomic E-state index is -0.367. The third-order valence-corrected chi connectivity index (χ3v) is 2.80. The van der Waals surface area contributed by atoms with Crippen molar-refractivity contribution in [3.8, 4) is 0 Å². The van der Waals surface area contributed by atoms with E-state index in [4.69, 9.17) is 23.2 Å². The van der Waals surface area contributed by atoms with Gasteiger partial charge in [-0.15, -0.1) is 23.2 Å². The molecule has 1 aliphatic carbocycles. The molecule has 0 saturated heterocycles. The number of hydrogen-bond donors (Lipinski definition) is 0. The highest BCUT2D eigenvalue weighted by molar-refractivity contribution is 9.09.